The summed E-state index contributed by atoms with van der Waals surface area (Å²) in [5, 5.41) is 2.91. The zero-order valence-corrected chi connectivity index (χ0v) is 15.9. The second-order valence-electron chi connectivity index (χ2n) is 7.21. The first-order valence-electron chi connectivity index (χ1n) is 9.20. The molecule has 1 aliphatic heterocycles. The van der Waals surface area contributed by atoms with Gasteiger partial charge in [-0.25, -0.2) is 4.98 Å². The third-order valence-electron chi connectivity index (χ3n) is 4.72. The molecule has 2 aromatic rings. The largest absolute Gasteiger partial charge is 0.439 e. The molecule has 1 fully saturated rings. The molecule has 0 atom stereocenters. The van der Waals surface area contributed by atoms with Crippen LogP contribution in [0.15, 0.2) is 42.6 Å². The van der Waals surface area contributed by atoms with Crippen molar-refractivity contribution in [2.24, 2.45) is 5.92 Å². The van der Waals surface area contributed by atoms with Crippen LogP contribution in [0.5, 0.6) is 11.6 Å². The number of carbonyl (C=O) groups excluding carboxylic acids is 2. The summed E-state index contributed by atoms with van der Waals surface area (Å²) in [6, 6.07) is 11.2. The Bertz CT molecular complexity index is 812. The van der Waals surface area contributed by atoms with E-state index in [0.29, 0.717) is 48.7 Å². The summed E-state index contributed by atoms with van der Waals surface area (Å²) in [7, 11) is 0. The molecule has 6 nitrogen and oxygen atoms in total. The molecule has 1 aromatic carbocycles. The van der Waals surface area contributed by atoms with Crippen LogP contribution in [0.3, 0.4) is 0 Å². The van der Waals surface area contributed by atoms with Gasteiger partial charge in [-0.05, 0) is 29.7 Å². The molecule has 2 heterocycles. The van der Waals surface area contributed by atoms with Crippen molar-refractivity contribution in [2.75, 3.05) is 19.6 Å². The number of likely N-dealkylation sites (tertiary alicyclic amines) is 1. The Morgan fingerprint density at radius 2 is 1.93 bits per heavy atom. The third-order valence-corrected chi connectivity index (χ3v) is 4.72. The van der Waals surface area contributed by atoms with Gasteiger partial charge in [0.25, 0.3) is 5.91 Å². The predicted octanol–water partition coefficient (Wildman–Crippen LogP) is 3.21. The number of ether oxygens (including phenoxy) is 1. The minimum Gasteiger partial charge on any atom is -0.439 e. The maximum absolute atomic E-state index is 12.4. The Kier molecular flexibility index (Phi) is 5.74. The second kappa shape index (κ2) is 8.20. The molecule has 0 bridgehead atoms. The minimum atomic E-state index is -0.168. The normalized spacial score (nSPS) is 14.0. The van der Waals surface area contributed by atoms with E-state index in [9.17, 15) is 9.59 Å². The third kappa shape index (κ3) is 4.84. The van der Waals surface area contributed by atoms with Crippen LogP contribution >= 0.6 is 0 Å². The SMILES string of the molecule is CC(=O)N1CC(CNC(=O)c2ccnc(Oc3ccc(C(C)C)cc3)c2)C1. The highest BCUT2D eigenvalue weighted by Crippen LogP contribution is 2.23. The molecule has 0 unspecified atom stereocenters. The summed E-state index contributed by atoms with van der Waals surface area (Å²) in [5.41, 5.74) is 1.74. The maximum atomic E-state index is 12.4. The van der Waals surface area contributed by atoms with Gasteiger partial charge >= 0.3 is 0 Å². The number of hydrogen-bond donors (Lipinski definition) is 1. The Hall–Kier alpha value is -2.89. The number of aromatic nitrogens is 1. The Balaban J connectivity index is 1.55. The zero-order valence-electron chi connectivity index (χ0n) is 15.9. The lowest BCUT2D eigenvalue weighted by atomic mass is 10.00. The van der Waals surface area contributed by atoms with E-state index in [1.54, 1.807) is 30.2 Å². The van der Waals surface area contributed by atoms with E-state index >= 15 is 0 Å². The molecule has 0 saturated carbocycles. The van der Waals surface area contributed by atoms with Gasteiger partial charge in [0, 0.05) is 50.3 Å². The van der Waals surface area contributed by atoms with E-state index in [0.717, 1.165) is 0 Å². The number of benzene rings is 1. The fourth-order valence-electron chi connectivity index (χ4n) is 2.94. The summed E-state index contributed by atoms with van der Waals surface area (Å²) in [6.07, 6.45) is 1.56. The summed E-state index contributed by atoms with van der Waals surface area (Å²) >= 11 is 0. The summed E-state index contributed by atoms with van der Waals surface area (Å²) in [4.78, 5) is 29.5. The van der Waals surface area contributed by atoms with Gasteiger partial charge in [0.2, 0.25) is 11.8 Å². The van der Waals surface area contributed by atoms with Crippen molar-refractivity contribution in [1.29, 1.82) is 0 Å². The molecule has 0 radical (unpaired) electrons. The van der Waals surface area contributed by atoms with Crippen LogP contribution in [0.2, 0.25) is 0 Å². The van der Waals surface area contributed by atoms with Crippen molar-refractivity contribution in [3.05, 3.63) is 53.7 Å². The summed E-state index contributed by atoms with van der Waals surface area (Å²) in [5.74, 6) is 1.75. The van der Waals surface area contributed by atoms with Crippen LogP contribution in [0, 0.1) is 5.92 Å². The van der Waals surface area contributed by atoms with Gasteiger partial charge in [-0.3, -0.25) is 9.59 Å². The molecule has 1 aromatic heterocycles. The highest BCUT2D eigenvalue weighted by molar-refractivity contribution is 5.94. The van der Waals surface area contributed by atoms with Crippen LogP contribution in [0.4, 0.5) is 0 Å². The standard InChI is InChI=1S/C21H25N3O3/c1-14(2)17-4-6-19(7-5-17)27-20-10-18(8-9-22-20)21(26)23-11-16-12-24(13-16)15(3)25/h4-10,14,16H,11-13H2,1-3H3,(H,23,26). The second-order valence-corrected chi connectivity index (χ2v) is 7.21. The molecular formula is C21H25N3O3. The number of hydrogen-bond acceptors (Lipinski definition) is 4. The predicted molar refractivity (Wildman–Crippen MR) is 103 cm³/mol. The van der Waals surface area contributed by atoms with Gasteiger partial charge in [-0.1, -0.05) is 26.0 Å². The molecule has 1 saturated heterocycles. The van der Waals surface area contributed by atoms with Crippen molar-refractivity contribution in [3.8, 4) is 11.6 Å². The van der Waals surface area contributed by atoms with Crippen LogP contribution in [0.1, 0.15) is 42.6 Å². The van der Waals surface area contributed by atoms with Gasteiger partial charge < -0.3 is 15.0 Å². The van der Waals surface area contributed by atoms with Crippen LogP contribution < -0.4 is 10.1 Å². The van der Waals surface area contributed by atoms with E-state index in [4.69, 9.17) is 4.74 Å². The average Bonchev–Trinajstić information content (AvgIpc) is 2.60. The highest BCUT2D eigenvalue weighted by Gasteiger charge is 2.28. The van der Waals surface area contributed by atoms with Gasteiger partial charge in [0.05, 0.1) is 0 Å². The molecule has 2 amide bonds. The lowest BCUT2D eigenvalue weighted by Crippen LogP contribution is -2.53. The number of nitrogens with zero attached hydrogens (tertiary/aromatic N) is 2. The number of pyridine rings is 1. The van der Waals surface area contributed by atoms with Crippen molar-refractivity contribution in [3.63, 3.8) is 0 Å². The van der Waals surface area contributed by atoms with Crippen LogP contribution in [0.25, 0.3) is 0 Å². The molecule has 0 aliphatic carbocycles. The Labute approximate surface area is 159 Å². The molecule has 27 heavy (non-hydrogen) atoms. The number of amides is 2. The van der Waals surface area contributed by atoms with E-state index < -0.39 is 0 Å². The number of carbonyl (C=O) groups is 2. The van der Waals surface area contributed by atoms with Crippen LogP contribution in [-0.2, 0) is 4.79 Å². The number of rotatable bonds is 6. The van der Waals surface area contributed by atoms with Crippen LogP contribution in [-0.4, -0.2) is 41.3 Å². The lowest BCUT2D eigenvalue weighted by molar-refractivity contribution is -0.134. The summed E-state index contributed by atoms with van der Waals surface area (Å²) < 4.78 is 5.77. The molecule has 6 heteroatoms. The average molecular weight is 367 g/mol. The van der Waals surface area contributed by atoms with E-state index in [2.05, 4.69) is 24.1 Å². The Morgan fingerprint density at radius 1 is 1.22 bits per heavy atom. The van der Waals surface area contributed by atoms with E-state index in [1.807, 2.05) is 24.3 Å². The molecule has 1 aliphatic rings. The quantitative estimate of drug-likeness (QED) is 0.851. The first-order valence-corrected chi connectivity index (χ1v) is 9.20. The monoisotopic (exact) mass is 367 g/mol. The van der Waals surface area contributed by atoms with E-state index in [-0.39, 0.29) is 11.8 Å². The zero-order chi connectivity index (χ0) is 19.4. The minimum absolute atomic E-state index is 0.0786. The first kappa shape index (κ1) is 18.9. The summed E-state index contributed by atoms with van der Waals surface area (Å²) in [6.45, 7) is 7.79. The van der Waals surface area contributed by atoms with Gasteiger partial charge in [0.15, 0.2) is 0 Å². The fourth-order valence-corrected chi connectivity index (χ4v) is 2.94. The van der Waals surface area contributed by atoms with Gasteiger partial charge in [-0.2, -0.15) is 0 Å². The maximum Gasteiger partial charge on any atom is 0.251 e. The molecule has 3 rings (SSSR count). The van der Waals surface area contributed by atoms with Gasteiger partial charge in [0.1, 0.15) is 5.75 Å². The first-order chi connectivity index (χ1) is 12.9. The topological polar surface area (TPSA) is 71.5 Å². The highest BCUT2D eigenvalue weighted by atomic mass is 16.5. The fraction of sp³-hybridized carbons (Fsp3) is 0.381. The smallest absolute Gasteiger partial charge is 0.251 e. The van der Waals surface area contributed by atoms with Crippen molar-refractivity contribution in [2.45, 2.75) is 26.7 Å². The molecule has 142 valence electrons. The van der Waals surface area contributed by atoms with Crippen molar-refractivity contribution >= 4 is 11.8 Å². The molecule has 0 spiro atoms. The lowest BCUT2D eigenvalue weighted by Gasteiger charge is -2.38. The van der Waals surface area contributed by atoms with Crippen molar-refractivity contribution < 1.29 is 14.3 Å². The van der Waals surface area contributed by atoms with E-state index in [1.165, 1.54) is 5.56 Å². The van der Waals surface area contributed by atoms with Crippen molar-refractivity contribution in [1.82, 2.24) is 15.2 Å². The Morgan fingerprint density at radius 3 is 2.56 bits per heavy atom. The molecule has 1 N–H and O–H groups in total. The molecular weight excluding hydrogens is 342 g/mol. The van der Waals surface area contributed by atoms with Gasteiger partial charge in [-0.15, -0.1) is 0 Å². The number of nitrogens with one attached hydrogen (secondary N) is 1.